The Morgan fingerprint density at radius 3 is 2.76 bits per heavy atom. The van der Waals surface area contributed by atoms with E-state index in [1.807, 2.05) is 18.2 Å². The number of rotatable bonds is 3. The monoisotopic (exact) mass is 277 g/mol. The topological polar surface area (TPSA) is 102 Å². The zero-order valence-corrected chi connectivity index (χ0v) is 11.0. The normalized spacial score (nSPS) is 10.3. The second kappa shape index (κ2) is 5.53. The molecular formula is C15H11N5O. The fraction of sp³-hybridized carbons (Fsp3) is 0.0667. The Bertz CT molecular complexity index is 805. The van der Waals surface area contributed by atoms with Crippen LogP contribution in [0.3, 0.4) is 0 Å². The van der Waals surface area contributed by atoms with Gasteiger partial charge in [-0.05, 0) is 35.9 Å². The second-order valence-electron chi connectivity index (χ2n) is 4.40. The van der Waals surface area contributed by atoms with Crippen molar-refractivity contribution in [3.8, 4) is 28.8 Å². The van der Waals surface area contributed by atoms with Crippen molar-refractivity contribution in [2.75, 3.05) is 0 Å². The minimum absolute atomic E-state index is 0.368. The first-order valence-electron chi connectivity index (χ1n) is 6.28. The standard InChI is InChI=1S/C15H11N5O/c16-7-10-4-11(8-17)6-12(5-10)13-2-1-3-14(19-13)15-18-9-21-20-15/h1-6,9H,7,16H2. The molecule has 0 amide bonds. The van der Waals surface area contributed by atoms with Crippen LogP contribution in [-0.2, 0) is 6.54 Å². The summed E-state index contributed by atoms with van der Waals surface area (Å²) in [7, 11) is 0. The van der Waals surface area contributed by atoms with E-state index in [0.717, 1.165) is 16.8 Å². The van der Waals surface area contributed by atoms with Gasteiger partial charge in [-0.25, -0.2) is 4.98 Å². The van der Waals surface area contributed by atoms with Gasteiger partial charge in [0.2, 0.25) is 12.2 Å². The molecule has 6 heteroatoms. The maximum atomic E-state index is 9.09. The van der Waals surface area contributed by atoms with Crippen LogP contribution in [0.1, 0.15) is 11.1 Å². The molecule has 0 aliphatic rings. The van der Waals surface area contributed by atoms with Gasteiger partial charge in [0.05, 0.1) is 17.3 Å². The van der Waals surface area contributed by atoms with E-state index in [4.69, 9.17) is 15.5 Å². The number of nitrogens with zero attached hydrogens (tertiary/aromatic N) is 4. The Kier molecular flexibility index (Phi) is 3.41. The third-order valence-electron chi connectivity index (χ3n) is 2.99. The summed E-state index contributed by atoms with van der Waals surface area (Å²) in [4.78, 5) is 8.48. The minimum atomic E-state index is 0.368. The van der Waals surface area contributed by atoms with Crippen molar-refractivity contribution in [3.05, 3.63) is 53.9 Å². The van der Waals surface area contributed by atoms with Gasteiger partial charge in [0.1, 0.15) is 5.69 Å². The molecule has 0 bridgehead atoms. The van der Waals surface area contributed by atoms with Gasteiger partial charge in [0.15, 0.2) is 0 Å². The van der Waals surface area contributed by atoms with Crippen LogP contribution in [-0.4, -0.2) is 15.1 Å². The highest BCUT2D eigenvalue weighted by Crippen LogP contribution is 2.23. The summed E-state index contributed by atoms with van der Waals surface area (Å²) in [5.74, 6) is 0.423. The molecule has 0 atom stereocenters. The molecule has 0 aliphatic heterocycles. The molecule has 102 valence electrons. The van der Waals surface area contributed by atoms with Crippen LogP contribution in [0.2, 0.25) is 0 Å². The molecule has 0 aliphatic carbocycles. The lowest BCUT2D eigenvalue weighted by atomic mass is 10.0. The zero-order valence-electron chi connectivity index (χ0n) is 11.0. The largest absolute Gasteiger partial charge is 0.342 e. The first kappa shape index (κ1) is 13.0. The maximum absolute atomic E-state index is 9.09. The van der Waals surface area contributed by atoms with Crippen LogP contribution in [0.5, 0.6) is 0 Å². The van der Waals surface area contributed by atoms with Crippen LogP contribution in [0.15, 0.2) is 47.3 Å². The third kappa shape index (κ3) is 2.63. The van der Waals surface area contributed by atoms with E-state index < -0.39 is 0 Å². The van der Waals surface area contributed by atoms with E-state index in [9.17, 15) is 0 Å². The van der Waals surface area contributed by atoms with Crippen LogP contribution >= 0.6 is 0 Å². The van der Waals surface area contributed by atoms with Crippen molar-refractivity contribution in [2.45, 2.75) is 6.54 Å². The average Bonchev–Trinajstić information content (AvgIpc) is 3.09. The Morgan fingerprint density at radius 2 is 2.05 bits per heavy atom. The van der Waals surface area contributed by atoms with E-state index in [0.29, 0.717) is 23.6 Å². The van der Waals surface area contributed by atoms with Gasteiger partial charge in [-0.3, -0.25) is 0 Å². The van der Waals surface area contributed by atoms with Crippen LogP contribution in [0.4, 0.5) is 0 Å². The van der Waals surface area contributed by atoms with Gasteiger partial charge in [-0.1, -0.05) is 11.2 Å². The Hall–Kier alpha value is -3.04. The smallest absolute Gasteiger partial charge is 0.220 e. The molecule has 3 aromatic rings. The molecule has 0 radical (unpaired) electrons. The molecule has 2 N–H and O–H groups in total. The second-order valence-corrected chi connectivity index (χ2v) is 4.40. The fourth-order valence-corrected chi connectivity index (χ4v) is 2.03. The molecule has 1 aromatic carbocycles. The van der Waals surface area contributed by atoms with E-state index in [-0.39, 0.29) is 0 Å². The highest BCUT2D eigenvalue weighted by Gasteiger charge is 2.08. The summed E-state index contributed by atoms with van der Waals surface area (Å²) in [6, 6.07) is 13.1. The molecule has 0 fully saturated rings. The summed E-state index contributed by atoms with van der Waals surface area (Å²) in [5.41, 5.74) is 9.27. The summed E-state index contributed by atoms with van der Waals surface area (Å²) in [6.45, 7) is 0.368. The van der Waals surface area contributed by atoms with Crippen molar-refractivity contribution in [3.63, 3.8) is 0 Å². The lowest BCUT2D eigenvalue weighted by Gasteiger charge is -2.06. The number of hydrogen-bond acceptors (Lipinski definition) is 6. The molecule has 0 saturated carbocycles. The molecule has 2 heterocycles. The number of nitrogens with two attached hydrogens (primary N) is 1. The highest BCUT2D eigenvalue weighted by atomic mass is 16.5. The van der Waals surface area contributed by atoms with Gasteiger partial charge in [0.25, 0.3) is 0 Å². The molecule has 3 rings (SSSR count). The molecule has 0 spiro atoms. The first-order valence-corrected chi connectivity index (χ1v) is 6.28. The number of pyridine rings is 1. The van der Waals surface area contributed by atoms with Gasteiger partial charge in [-0.15, -0.1) is 0 Å². The van der Waals surface area contributed by atoms with Crippen LogP contribution in [0, 0.1) is 11.3 Å². The molecule has 2 aromatic heterocycles. The quantitative estimate of drug-likeness (QED) is 0.786. The van der Waals surface area contributed by atoms with Crippen LogP contribution < -0.4 is 5.73 Å². The fourth-order valence-electron chi connectivity index (χ4n) is 2.03. The summed E-state index contributed by atoms with van der Waals surface area (Å²) < 4.78 is 4.73. The maximum Gasteiger partial charge on any atom is 0.220 e. The summed E-state index contributed by atoms with van der Waals surface area (Å²) in [5, 5.41) is 12.9. The first-order chi connectivity index (χ1) is 10.3. The molecule has 21 heavy (non-hydrogen) atoms. The Morgan fingerprint density at radius 1 is 1.19 bits per heavy atom. The lowest BCUT2D eigenvalue weighted by Crippen LogP contribution is -1.98. The van der Waals surface area contributed by atoms with Gasteiger partial charge in [0, 0.05) is 12.1 Å². The number of aromatic nitrogens is 3. The van der Waals surface area contributed by atoms with Crippen molar-refractivity contribution in [1.82, 2.24) is 15.1 Å². The van der Waals surface area contributed by atoms with Crippen molar-refractivity contribution in [1.29, 1.82) is 5.26 Å². The van der Waals surface area contributed by atoms with Crippen LogP contribution in [0.25, 0.3) is 22.8 Å². The van der Waals surface area contributed by atoms with E-state index in [1.54, 1.807) is 18.2 Å². The van der Waals surface area contributed by atoms with Gasteiger partial charge in [-0.2, -0.15) is 10.2 Å². The zero-order chi connectivity index (χ0) is 14.7. The summed E-state index contributed by atoms with van der Waals surface area (Å²) >= 11 is 0. The number of hydrogen-bond donors (Lipinski definition) is 1. The SMILES string of the molecule is N#Cc1cc(CN)cc(-c2cccc(-c3ncon3)n2)c1. The molecule has 0 unspecified atom stereocenters. The Balaban J connectivity index is 2.09. The van der Waals surface area contributed by atoms with Gasteiger partial charge >= 0.3 is 0 Å². The molecule has 0 saturated heterocycles. The Labute approximate surface area is 120 Å². The lowest BCUT2D eigenvalue weighted by molar-refractivity contribution is 0.418. The van der Waals surface area contributed by atoms with E-state index >= 15 is 0 Å². The molecule has 6 nitrogen and oxygen atoms in total. The third-order valence-corrected chi connectivity index (χ3v) is 2.99. The average molecular weight is 277 g/mol. The van der Waals surface area contributed by atoms with E-state index in [2.05, 4.69) is 21.2 Å². The van der Waals surface area contributed by atoms with Gasteiger partial charge < -0.3 is 10.3 Å². The number of benzene rings is 1. The highest BCUT2D eigenvalue weighted by molar-refractivity contribution is 5.65. The van der Waals surface area contributed by atoms with Crippen molar-refractivity contribution >= 4 is 0 Å². The minimum Gasteiger partial charge on any atom is -0.342 e. The van der Waals surface area contributed by atoms with E-state index in [1.165, 1.54) is 6.39 Å². The predicted octanol–water partition coefficient (Wildman–Crippen LogP) is 2.13. The van der Waals surface area contributed by atoms with Crippen molar-refractivity contribution in [2.24, 2.45) is 5.73 Å². The van der Waals surface area contributed by atoms with Crippen molar-refractivity contribution < 1.29 is 4.52 Å². The molecular weight excluding hydrogens is 266 g/mol. The number of nitriles is 1. The summed E-state index contributed by atoms with van der Waals surface area (Å²) in [6.07, 6.45) is 1.26. The predicted molar refractivity (Wildman–Crippen MR) is 75.6 cm³/mol.